The van der Waals surface area contributed by atoms with E-state index in [-0.39, 0.29) is 0 Å². The van der Waals surface area contributed by atoms with Gasteiger partial charge in [0.2, 0.25) is 0 Å². The molecule has 1 aliphatic carbocycles. The molecule has 0 amide bonds. The van der Waals surface area contributed by atoms with Crippen LogP contribution >= 0.6 is 0 Å². The maximum absolute atomic E-state index is 10.5. The fourth-order valence-corrected chi connectivity index (χ4v) is 2.94. The maximum atomic E-state index is 10.5. The van der Waals surface area contributed by atoms with Crippen molar-refractivity contribution >= 4 is 0 Å². The molecule has 0 spiro atoms. The molecule has 1 fully saturated rings. The van der Waals surface area contributed by atoms with Gasteiger partial charge < -0.3 is 5.11 Å². The molecule has 18 heavy (non-hydrogen) atoms. The minimum atomic E-state index is -0.423. The molecule has 4 atom stereocenters. The Morgan fingerprint density at radius 3 is 2.72 bits per heavy atom. The number of hydrogen-bond acceptors (Lipinski definition) is 2. The van der Waals surface area contributed by atoms with Crippen LogP contribution in [0, 0.1) is 29.1 Å². The van der Waals surface area contributed by atoms with Crippen molar-refractivity contribution in [3.05, 3.63) is 35.4 Å². The number of aliphatic hydroxyl groups excluding tert-OH is 1. The second-order valence-corrected chi connectivity index (χ2v) is 5.71. The number of benzene rings is 1. The first-order chi connectivity index (χ1) is 8.61. The number of nitriles is 1. The molecule has 0 heterocycles. The van der Waals surface area contributed by atoms with Crippen LogP contribution in [0.3, 0.4) is 0 Å². The summed E-state index contributed by atoms with van der Waals surface area (Å²) in [7, 11) is 0. The van der Waals surface area contributed by atoms with E-state index < -0.39 is 6.10 Å². The molecular formula is C16H21NO. The minimum Gasteiger partial charge on any atom is -0.388 e. The maximum Gasteiger partial charge on any atom is 0.0991 e. The van der Waals surface area contributed by atoms with E-state index in [1.54, 1.807) is 6.07 Å². The van der Waals surface area contributed by atoms with Crippen molar-refractivity contribution < 1.29 is 5.11 Å². The van der Waals surface area contributed by atoms with Crippen LogP contribution in [0.25, 0.3) is 0 Å². The van der Waals surface area contributed by atoms with Crippen LogP contribution < -0.4 is 0 Å². The molecule has 1 saturated carbocycles. The van der Waals surface area contributed by atoms with Crippen molar-refractivity contribution in [3.8, 4) is 6.07 Å². The van der Waals surface area contributed by atoms with Gasteiger partial charge in [-0.1, -0.05) is 32.4 Å². The highest BCUT2D eigenvalue weighted by atomic mass is 16.3. The Hall–Kier alpha value is -1.33. The highest BCUT2D eigenvalue weighted by molar-refractivity contribution is 5.33. The van der Waals surface area contributed by atoms with Gasteiger partial charge in [-0.05, 0) is 48.3 Å². The van der Waals surface area contributed by atoms with Gasteiger partial charge >= 0.3 is 0 Å². The molecule has 4 unspecified atom stereocenters. The number of nitrogens with zero attached hydrogens (tertiary/aromatic N) is 1. The number of hydrogen-bond donors (Lipinski definition) is 1. The summed E-state index contributed by atoms with van der Waals surface area (Å²) >= 11 is 0. The van der Waals surface area contributed by atoms with Crippen molar-refractivity contribution in [1.29, 1.82) is 5.26 Å². The lowest BCUT2D eigenvalue weighted by atomic mass is 9.73. The standard InChI is InChI=1S/C16H21NO/c1-11-6-7-15(8-12(11)2)16(18)14-5-3-4-13(9-14)10-17/h3-5,9,11-12,15-16,18H,6-8H2,1-2H3. The molecular weight excluding hydrogens is 222 g/mol. The zero-order valence-electron chi connectivity index (χ0n) is 11.1. The van der Waals surface area contributed by atoms with Crippen molar-refractivity contribution in [2.45, 2.75) is 39.2 Å². The summed E-state index contributed by atoms with van der Waals surface area (Å²) in [5.41, 5.74) is 1.52. The minimum absolute atomic E-state index is 0.338. The van der Waals surface area contributed by atoms with Gasteiger partial charge in [-0.2, -0.15) is 5.26 Å². The Bertz CT molecular complexity index is 449. The molecule has 0 bridgehead atoms. The Morgan fingerprint density at radius 2 is 2.06 bits per heavy atom. The van der Waals surface area contributed by atoms with Crippen molar-refractivity contribution in [2.75, 3.05) is 0 Å². The second kappa shape index (κ2) is 5.54. The Labute approximate surface area is 109 Å². The average Bonchev–Trinajstić information content (AvgIpc) is 2.41. The fourth-order valence-electron chi connectivity index (χ4n) is 2.94. The van der Waals surface area contributed by atoms with Gasteiger partial charge in [-0.15, -0.1) is 0 Å². The van der Waals surface area contributed by atoms with Crippen molar-refractivity contribution in [3.63, 3.8) is 0 Å². The third kappa shape index (κ3) is 2.73. The van der Waals surface area contributed by atoms with Crippen LogP contribution in [0.2, 0.25) is 0 Å². The first-order valence-corrected chi connectivity index (χ1v) is 6.80. The van der Waals surface area contributed by atoms with E-state index in [9.17, 15) is 5.11 Å². The second-order valence-electron chi connectivity index (χ2n) is 5.71. The highest BCUT2D eigenvalue weighted by Crippen LogP contribution is 2.39. The lowest BCUT2D eigenvalue weighted by molar-refractivity contribution is 0.0561. The molecule has 2 rings (SSSR count). The van der Waals surface area contributed by atoms with Gasteiger partial charge in [-0.3, -0.25) is 0 Å². The van der Waals surface area contributed by atoms with Crippen molar-refractivity contribution in [2.24, 2.45) is 17.8 Å². The summed E-state index contributed by atoms with van der Waals surface area (Å²) in [6, 6.07) is 9.50. The normalized spacial score (nSPS) is 29.6. The number of aliphatic hydroxyl groups is 1. The quantitative estimate of drug-likeness (QED) is 0.861. The van der Waals surface area contributed by atoms with E-state index in [1.165, 1.54) is 6.42 Å². The van der Waals surface area contributed by atoms with Gasteiger partial charge in [0.15, 0.2) is 0 Å². The van der Waals surface area contributed by atoms with Crippen LogP contribution in [0.4, 0.5) is 0 Å². The van der Waals surface area contributed by atoms with Crippen LogP contribution in [-0.2, 0) is 0 Å². The smallest absolute Gasteiger partial charge is 0.0991 e. The summed E-state index contributed by atoms with van der Waals surface area (Å²) in [6.07, 6.45) is 2.94. The predicted molar refractivity (Wildman–Crippen MR) is 71.8 cm³/mol. The van der Waals surface area contributed by atoms with Crippen LogP contribution in [0.1, 0.15) is 50.3 Å². The lowest BCUT2D eigenvalue weighted by Crippen LogP contribution is -2.25. The molecule has 0 aliphatic heterocycles. The van der Waals surface area contributed by atoms with Crippen LogP contribution in [-0.4, -0.2) is 5.11 Å². The van der Waals surface area contributed by atoms with E-state index in [2.05, 4.69) is 19.9 Å². The van der Waals surface area contributed by atoms with Gasteiger partial charge in [0.05, 0.1) is 17.7 Å². The SMILES string of the molecule is CC1CCC(C(O)c2cccc(C#N)c2)CC1C. The van der Waals surface area contributed by atoms with Gasteiger partial charge in [0, 0.05) is 0 Å². The molecule has 1 N–H and O–H groups in total. The van der Waals surface area contributed by atoms with Crippen LogP contribution in [0.5, 0.6) is 0 Å². The molecule has 0 radical (unpaired) electrons. The summed E-state index contributed by atoms with van der Waals surface area (Å²) in [6.45, 7) is 4.57. The number of rotatable bonds is 2. The van der Waals surface area contributed by atoms with Crippen LogP contribution in [0.15, 0.2) is 24.3 Å². The molecule has 1 aromatic carbocycles. The molecule has 96 valence electrons. The summed E-state index contributed by atoms with van der Waals surface area (Å²) < 4.78 is 0. The Balaban J connectivity index is 2.11. The molecule has 2 nitrogen and oxygen atoms in total. The van der Waals surface area contributed by atoms with Gasteiger partial charge in [-0.25, -0.2) is 0 Å². The molecule has 2 heteroatoms. The molecule has 0 saturated heterocycles. The largest absolute Gasteiger partial charge is 0.388 e. The van der Waals surface area contributed by atoms with E-state index in [1.807, 2.05) is 18.2 Å². The van der Waals surface area contributed by atoms with Gasteiger partial charge in [0.1, 0.15) is 0 Å². The predicted octanol–water partition coefficient (Wildman–Crippen LogP) is 3.66. The van der Waals surface area contributed by atoms with E-state index >= 15 is 0 Å². The summed E-state index contributed by atoms with van der Waals surface area (Å²) in [4.78, 5) is 0. The fraction of sp³-hybridized carbons (Fsp3) is 0.562. The summed E-state index contributed by atoms with van der Waals surface area (Å²) in [5, 5.41) is 19.4. The Morgan fingerprint density at radius 1 is 1.28 bits per heavy atom. The topological polar surface area (TPSA) is 44.0 Å². The third-order valence-electron chi connectivity index (χ3n) is 4.44. The molecule has 1 aromatic rings. The van der Waals surface area contributed by atoms with Crippen molar-refractivity contribution in [1.82, 2.24) is 0 Å². The van der Waals surface area contributed by atoms with E-state index in [0.29, 0.717) is 17.4 Å². The zero-order valence-corrected chi connectivity index (χ0v) is 11.1. The molecule has 0 aromatic heterocycles. The first kappa shape index (κ1) is 13.1. The molecule has 1 aliphatic rings. The van der Waals surface area contributed by atoms with E-state index in [4.69, 9.17) is 5.26 Å². The lowest BCUT2D eigenvalue weighted by Gasteiger charge is -2.34. The summed E-state index contributed by atoms with van der Waals surface area (Å²) in [5.74, 6) is 1.78. The van der Waals surface area contributed by atoms with Gasteiger partial charge in [0.25, 0.3) is 0 Å². The monoisotopic (exact) mass is 243 g/mol. The zero-order chi connectivity index (χ0) is 13.1. The third-order valence-corrected chi connectivity index (χ3v) is 4.44. The first-order valence-electron chi connectivity index (χ1n) is 6.80. The average molecular weight is 243 g/mol. The van der Waals surface area contributed by atoms with E-state index in [0.717, 1.165) is 24.3 Å². The highest BCUT2D eigenvalue weighted by Gasteiger charge is 2.29. The Kier molecular flexibility index (Phi) is 4.04.